The summed E-state index contributed by atoms with van der Waals surface area (Å²) in [7, 11) is 0. The molecular formula is C14H18ClN3O3. The summed E-state index contributed by atoms with van der Waals surface area (Å²) in [5.41, 5.74) is 0.0229. The van der Waals surface area contributed by atoms with E-state index in [1.165, 1.54) is 18.2 Å². The number of non-ortho nitro benzene ring substituents is 1. The first-order chi connectivity index (χ1) is 9.88. The minimum Gasteiger partial charge on any atom is -0.347 e. The average molecular weight is 312 g/mol. The highest BCUT2D eigenvalue weighted by molar-refractivity contribution is 6.31. The summed E-state index contributed by atoms with van der Waals surface area (Å²) in [6, 6.07) is 4.06. The van der Waals surface area contributed by atoms with Gasteiger partial charge in [-0.2, -0.15) is 0 Å². The summed E-state index contributed by atoms with van der Waals surface area (Å²) in [5, 5.41) is 17.3. The number of carbonyl (C=O) groups excluding carboxylic acids is 1. The minimum absolute atomic E-state index is 0.00992. The number of amides is 1. The van der Waals surface area contributed by atoms with Crippen LogP contribution in [-0.4, -0.2) is 29.5 Å². The van der Waals surface area contributed by atoms with Gasteiger partial charge in [-0.1, -0.05) is 18.5 Å². The molecule has 1 heterocycles. The molecule has 3 atom stereocenters. The minimum atomic E-state index is -0.559. The predicted molar refractivity (Wildman–Crippen MR) is 80.6 cm³/mol. The summed E-state index contributed by atoms with van der Waals surface area (Å²) in [6.07, 6.45) is 0.977. The van der Waals surface area contributed by atoms with Crippen molar-refractivity contribution in [2.24, 2.45) is 5.92 Å². The van der Waals surface area contributed by atoms with Gasteiger partial charge in [0.1, 0.15) is 0 Å². The Labute approximate surface area is 128 Å². The van der Waals surface area contributed by atoms with Crippen LogP contribution in [0.25, 0.3) is 0 Å². The molecule has 0 bridgehead atoms. The van der Waals surface area contributed by atoms with Crippen LogP contribution in [0.4, 0.5) is 5.69 Å². The number of nitro groups is 1. The molecule has 3 unspecified atom stereocenters. The van der Waals surface area contributed by atoms with E-state index in [1.54, 1.807) is 0 Å². The van der Waals surface area contributed by atoms with Crippen molar-refractivity contribution in [3.63, 3.8) is 0 Å². The average Bonchev–Trinajstić information content (AvgIpc) is 2.42. The Balaban J connectivity index is 2.18. The van der Waals surface area contributed by atoms with E-state index >= 15 is 0 Å². The fraction of sp³-hybridized carbons (Fsp3) is 0.500. The molecule has 7 heteroatoms. The van der Waals surface area contributed by atoms with E-state index in [-0.39, 0.29) is 34.3 Å². The number of rotatable bonds is 3. The molecular weight excluding hydrogens is 294 g/mol. The third kappa shape index (κ3) is 3.71. The summed E-state index contributed by atoms with van der Waals surface area (Å²) in [6.45, 7) is 5.03. The maximum Gasteiger partial charge on any atom is 0.271 e. The monoisotopic (exact) mass is 311 g/mol. The summed E-state index contributed by atoms with van der Waals surface area (Å²) in [4.78, 5) is 22.6. The standard InChI is InChI=1S/C14H18ClN3O3/c1-8-3-4-16-9(2)13(8)17-14(19)10-5-11(15)7-12(6-10)18(20)21/h5-9,13,16H,3-4H2,1-2H3,(H,17,19). The van der Waals surface area contributed by atoms with E-state index in [1.807, 2.05) is 6.92 Å². The van der Waals surface area contributed by atoms with Crippen LogP contribution in [0.15, 0.2) is 18.2 Å². The molecule has 1 fully saturated rings. The van der Waals surface area contributed by atoms with Gasteiger partial charge in [-0.25, -0.2) is 0 Å². The van der Waals surface area contributed by atoms with Gasteiger partial charge in [-0.15, -0.1) is 0 Å². The molecule has 0 saturated carbocycles. The third-order valence-electron chi connectivity index (χ3n) is 3.87. The fourth-order valence-electron chi connectivity index (χ4n) is 2.65. The molecule has 0 radical (unpaired) electrons. The number of benzene rings is 1. The lowest BCUT2D eigenvalue weighted by atomic mass is 9.89. The lowest BCUT2D eigenvalue weighted by Crippen LogP contribution is -2.55. The number of hydrogen-bond acceptors (Lipinski definition) is 4. The second-order valence-corrected chi connectivity index (χ2v) is 5.90. The quantitative estimate of drug-likeness (QED) is 0.663. The number of nitrogens with zero attached hydrogens (tertiary/aromatic N) is 1. The van der Waals surface area contributed by atoms with E-state index in [2.05, 4.69) is 17.6 Å². The van der Waals surface area contributed by atoms with E-state index in [9.17, 15) is 14.9 Å². The Bertz CT molecular complexity index is 554. The number of halogens is 1. The molecule has 1 amide bonds. The van der Waals surface area contributed by atoms with Gasteiger partial charge in [0.2, 0.25) is 0 Å². The second-order valence-electron chi connectivity index (χ2n) is 5.46. The van der Waals surface area contributed by atoms with Crippen molar-refractivity contribution in [1.82, 2.24) is 10.6 Å². The molecule has 6 nitrogen and oxygen atoms in total. The van der Waals surface area contributed by atoms with Gasteiger partial charge in [-0.3, -0.25) is 14.9 Å². The summed E-state index contributed by atoms with van der Waals surface area (Å²) < 4.78 is 0. The predicted octanol–water partition coefficient (Wildman–Crippen LogP) is 2.36. The van der Waals surface area contributed by atoms with Gasteiger partial charge < -0.3 is 10.6 Å². The third-order valence-corrected chi connectivity index (χ3v) is 4.09. The first-order valence-corrected chi connectivity index (χ1v) is 7.25. The van der Waals surface area contributed by atoms with E-state index in [0.717, 1.165) is 13.0 Å². The van der Waals surface area contributed by atoms with Crippen molar-refractivity contribution in [3.8, 4) is 0 Å². The van der Waals surface area contributed by atoms with Crippen molar-refractivity contribution in [2.45, 2.75) is 32.4 Å². The van der Waals surface area contributed by atoms with E-state index < -0.39 is 4.92 Å². The van der Waals surface area contributed by atoms with Gasteiger partial charge in [-0.05, 0) is 31.9 Å². The SMILES string of the molecule is CC1CCNC(C)C1NC(=O)c1cc(Cl)cc([N+](=O)[O-])c1. The van der Waals surface area contributed by atoms with Crippen LogP contribution in [0.1, 0.15) is 30.6 Å². The molecule has 2 N–H and O–H groups in total. The Kier molecular flexibility index (Phi) is 4.80. The van der Waals surface area contributed by atoms with E-state index in [0.29, 0.717) is 5.92 Å². The highest BCUT2D eigenvalue weighted by atomic mass is 35.5. The Morgan fingerprint density at radius 2 is 2.14 bits per heavy atom. The Hall–Kier alpha value is -1.66. The van der Waals surface area contributed by atoms with Crippen molar-refractivity contribution < 1.29 is 9.72 Å². The molecule has 0 spiro atoms. The second kappa shape index (κ2) is 6.41. The summed E-state index contributed by atoms with van der Waals surface area (Å²) in [5.74, 6) is 0.00682. The molecule has 21 heavy (non-hydrogen) atoms. The van der Waals surface area contributed by atoms with Crippen molar-refractivity contribution in [1.29, 1.82) is 0 Å². The zero-order valence-corrected chi connectivity index (χ0v) is 12.7. The highest BCUT2D eigenvalue weighted by Crippen LogP contribution is 2.22. The van der Waals surface area contributed by atoms with Crippen LogP contribution in [0.3, 0.4) is 0 Å². The fourth-order valence-corrected chi connectivity index (χ4v) is 2.88. The van der Waals surface area contributed by atoms with Gasteiger partial charge in [0.15, 0.2) is 0 Å². The molecule has 1 saturated heterocycles. The Morgan fingerprint density at radius 3 is 2.76 bits per heavy atom. The molecule has 1 aromatic rings. The maximum atomic E-state index is 12.3. The largest absolute Gasteiger partial charge is 0.347 e. The Morgan fingerprint density at radius 1 is 1.43 bits per heavy atom. The van der Waals surface area contributed by atoms with Gasteiger partial charge in [0, 0.05) is 34.8 Å². The summed E-state index contributed by atoms with van der Waals surface area (Å²) >= 11 is 5.84. The molecule has 2 rings (SSSR count). The van der Waals surface area contributed by atoms with Gasteiger partial charge >= 0.3 is 0 Å². The van der Waals surface area contributed by atoms with Crippen molar-refractivity contribution >= 4 is 23.2 Å². The number of hydrogen-bond donors (Lipinski definition) is 2. The van der Waals surface area contributed by atoms with Crippen molar-refractivity contribution in [3.05, 3.63) is 38.9 Å². The number of carbonyl (C=O) groups is 1. The molecule has 1 aliphatic heterocycles. The van der Waals surface area contributed by atoms with Crippen LogP contribution in [-0.2, 0) is 0 Å². The molecule has 0 aliphatic carbocycles. The zero-order valence-electron chi connectivity index (χ0n) is 11.9. The van der Waals surface area contributed by atoms with Crippen LogP contribution in [0.5, 0.6) is 0 Å². The molecule has 0 aromatic heterocycles. The van der Waals surface area contributed by atoms with Crippen LogP contribution >= 0.6 is 11.6 Å². The van der Waals surface area contributed by atoms with Crippen molar-refractivity contribution in [2.75, 3.05) is 6.54 Å². The number of nitrogens with one attached hydrogen (secondary N) is 2. The molecule has 1 aromatic carbocycles. The maximum absolute atomic E-state index is 12.3. The van der Waals surface area contributed by atoms with E-state index in [4.69, 9.17) is 11.6 Å². The lowest BCUT2D eigenvalue weighted by molar-refractivity contribution is -0.384. The highest BCUT2D eigenvalue weighted by Gasteiger charge is 2.29. The first-order valence-electron chi connectivity index (χ1n) is 6.87. The normalized spacial score (nSPS) is 25.4. The number of piperidine rings is 1. The lowest BCUT2D eigenvalue weighted by Gasteiger charge is -2.36. The smallest absolute Gasteiger partial charge is 0.271 e. The van der Waals surface area contributed by atoms with Gasteiger partial charge in [0.25, 0.3) is 11.6 Å². The van der Waals surface area contributed by atoms with Crippen LogP contribution in [0.2, 0.25) is 5.02 Å². The number of nitro benzene ring substituents is 1. The molecule has 1 aliphatic rings. The zero-order chi connectivity index (χ0) is 15.6. The van der Waals surface area contributed by atoms with Crippen LogP contribution in [0, 0.1) is 16.0 Å². The van der Waals surface area contributed by atoms with Crippen LogP contribution < -0.4 is 10.6 Å². The first kappa shape index (κ1) is 15.7. The molecule has 114 valence electrons. The topological polar surface area (TPSA) is 84.3 Å². The van der Waals surface area contributed by atoms with Gasteiger partial charge in [0.05, 0.1) is 4.92 Å².